The van der Waals surface area contributed by atoms with Crippen molar-refractivity contribution in [2.75, 3.05) is 13.1 Å². The summed E-state index contributed by atoms with van der Waals surface area (Å²) in [5, 5.41) is 7.91. The lowest BCUT2D eigenvalue weighted by molar-refractivity contribution is 0.0362. The Morgan fingerprint density at radius 3 is 2.58 bits per heavy atom. The lowest BCUT2D eigenvalue weighted by atomic mass is 9.86. The van der Waals surface area contributed by atoms with Crippen LogP contribution in [0.3, 0.4) is 0 Å². The van der Waals surface area contributed by atoms with Gasteiger partial charge in [-0.3, -0.25) is 10.00 Å². The average molecular weight is 323 g/mol. The number of nitrogens with two attached hydrogens (primary N) is 1. The fourth-order valence-corrected chi connectivity index (χ4v) is 3.74. The molecule has 4 heterocycles. The quantitative estimate of drug-likeness (QED) is 0.579. The maximum Gasteiger partial charge on any atom is 0.126 e. The first-order chi connectivity index (χ1) is 9.15. The molecule has 0 saturated carbocycles. The number of piperidine rings is 3. The van der Waals surface area contributed by atoms with Gasteiger partial charge in [-0.15, -0.1) is 0 Å². The van der Waals surface area contributed by atoms with Crippen LogP contribution >= 0.6 is 15.9 Å². The summed E-state index contributed by atoms with van der Waals surface area (Å²) in [7, 11) is 0. The van der Waals surface area contributed by atoms with E-state index in [9.17, 15) is 0 Å². The minimum Gasteiger partial charge on any atom is -0.304 e. The number of H-pyrrole nitrogens is 1. The molecule has 0 amide bonds. The van der Waals surface area contributed by atoms with Gasteiger partial charge in [0, 0.05) is 18.5 Å². The van der Waals surface area contributed by atoms with Crippen LogP contribution in [0.5, 0.6) is 0 Å². The van der Waals surface area contributed by atoms with Gasteiger partial charge in [0.2, 0.25) is 0 Å². The van der Waals surface area contributed by atoms with Gasteiger partial charge < -0.3 is 5.73 Å². The van der Waals surface area contributed by atoms with Gasteiger partial charge in [0.1, 0.15) is 4.57 Å². The SMILES string of the molecule is NC1(Br)CC2CCN1CC2.c1ccc2[nH]ncc2c1. The summed E-state index contributed by atoms with van der Waals surface area (Å²) in [6, 6.07) is 8.01. The van der Waals surface area contributed by atoms with E-state index in [1.807, 2.05) is 30.5 Å². The Balaban J connectivity index is 0.000000117. The largest absolute Gasteiger partial charge is 0.304 e. The van der Waals surface area contributed by atoms with Crippen LogP contribution in [0.1, 0.15) is 19.3 Å². The Hall–Kier alpha value is -0.910. The molecule has 102 valence electrons. The van der Waals surface area contributed by atoms with Crippen molar-refractivity contribution in [1.82, 2.24) is 15.1 Å². The summed E-state index contributed by atoms with van der Waals surface area (Å²) in [5.74, 6) is 0.884. The molecule has 1 unspecified atom stereocenters. The highest BCUT2D eigenvalue weighted by Gasteiger charge is 2.40. The van der Waals surface area contributed by atoms with E-state index < -0.39 is 0 Å². The monoisotopic (exact) mass is 322 g/mol. The lowest BCUT2D eigenvalue weighted by Gasteiger charge is -2.49. The van der Waals surface area contributed by atoms with Gasteiger partial charge in [0.05, 0.1) is 11.7 Å². The number of alkyl halides is 1. The second-order valence-electron chi connectivity index (χ2n) is 5.41. The van der Waals surface area contributed by atoms with Crippen LogP contribution in [0.2, 0.25) is 0 Å². The normalized spacial score (nSPS) is 32.9. The summed E-state index contributed by atoms with van der Waals surface area (Å²) in [4.78, 5) is 2.34. The van der Waals surface area contributed by atoms with Crippen LogP contribution in [0.25, 0.3) is 10.9 Å². The topological polar surface area (TPSA) is 57.9 Å². The number of hydrogen-bond acceptors (Lipinski definition) is 3. The van der Waals surface area contributed by atoms with Crippen molar-refractivity contribution < 1.29 is 0 Å². The van der Waals surface area contributed by atoms with Gasteiger partial charge in [-0.1, -0.05) is 34.1 Å². The third-order valence-electron chi connectivity index (χ3n) is 4.06. The number of nitrogens with zero attached hydrogens (tertiary/aromatic N) is 2. The summed E-state index contributed by atoms with van der Waals surface area (Å²) < 4.78 is -0.159. The van der Waals surface area contributed by atoms with Crippen molar-refractivity contribution in [3.63, 3.8) is 0 Å². The highest BCUT2D eigenvalue weighted by atomic mass is 79.9. The van der Waals surface area contributed by atoms with Crippen molar-refractivity contribution >= 4 is 26.8 Å². The Morgan fingerprint density at radius 1 is 1.32 bits per heavy atom. The van der Waals surface area contributed by atoms with Gasteiger partial charge in [0.25, 0.3) is 0 Å². The van der Waals surface area contributed by atoms with Gasteiger partial charge in [-0.2, -0.15) is 5.10 Å². The van der Waals surface area contributed by atoms with Gasteiger partial charge >= 0.3 is 0 Å². The predicted molar refractivity (Wildman–Crippen MR) is 80.9 cm³/mol. The summed E-state index contributed by atoms with van der Waals surface area (Å²) in [6.07, 6.45) is 5.65. The van der Waals surface area contributed by atoms with Crippen molar-refractivity contribution in [2.45, 2.75) is 23.8 Å². The van der Waals surface area contributed by atoms with E-state index in [1.54, 1.807) is 0 Å². The smallest absolute Gasteiger partial charge is 0.126 e. The van der Waals surface area contributed by atoms with Crippen LogP contribution in [0, 0.1) is 5.92 Å². The van der Waals surface area contributed by atoms with Crippen LogP contribution in [-0.4, -0.2) is 32.8 Å². The maximum atomic E-state index is 6.01. The minimum absolute atomic E-state index is 0.159. The van der Waals surface area contributed by atoms with Crippen LogP contribution < -0.4 is 5.73 Å². The number of fused-ring (bicyclic) bond motifs is 4. The van der Waals surface area contributed by atoms with E-state index in [0.717, 1.165) is 23.2 Å². The van der Waals surface area contributed by atoms with Crippen LogP contribution in [0.15, 0.2) is 30.5 Å². The first-order valence-electron chi connectivity index (χ1n) is 6.76. The third kappa shape index (κ3) is 2.83. The number of aromatic nitrogens is 2. The van der Waals surface area contributed by atoms with Crippen molar-refractivity contribution in [3.05, 3.63) is 30.5 Å². The molecule has 2 bridgehead atoms. The molecule has 0 spiro atoms. The van der Waals surface area contributed by atoms with Crippen molar-refractivity contribution in [3.8, 4) is 0 Å². The molecule has 0 radical (unpaired) electrons. The zero-order valence-corrected chi connectivity index (χ0v) is 12.4. The Morgan fingerprint density at radius 2 is 2.05 bits per heavy atom. The number of para-hydroxylation sites is 1. The van der Waals surface area contributed by atoms with Crippen LogP contribution in [-0.2, 0) is 0 Å². The second kappa shape index (κ2) is 5.23. The fraction of sp³-hybridized carbons (Fsp3) is 0.500. The van der Waals surface area contributed by atoms with Crippen molar-refractivity contribution in [2.24, 2.45) is 11.7 Å². The summed E-state index contributed by atoms with van der Waals surface area (Å²) in [5.41, 5.74) is 7.10. The van der Waals surface area contributed by atoms with Gasteiger partial charge in [-0.05, 0) is 31.2 Å². The zero-order valence-electron chi connectivity index (χ0n) is 10.8. The molecule has 3 fully saturated rings. The molecule has 2 aromatic rings. The number of halogens is 1. The molecule has 1 aromatic heterocycles. The van der Waals surface area contributed by atoms with Gasteiger partial charge in [0.15, 0.2) is 0 Å². The third-order valence-corrected chi connectivity index (χ3v) is 4.89. The molecule has 3 aliphatic heterocycles. The number of nitrogens with one attached hydrogen (secondary N) is 1. The molecule has 1 aromatic carbocycles. The second-order valence-corrected chi connectivity index (χ2v) is 6.78. The van der Waals surface area contributed by atoms with Crippen molar-refractivity contribution in [1.29, 1.82) is 0 Å². The molecule has 4 nitrogen and oxygen atoms in total. The minimum atomic E-state index is -0.159. The fourth-order valence-electron chi connectivity index (χ4n) is 2.93. The molecule has 3 saturated heterocycles. The van der Waals surface area contributed by atoms with Gasteiger partial charge in [-0.25, -0.2) is 0 Å². The molecule has 3 N–H and O–H groups in total. The highest BCUT2D eigenvalue weighted by molar-refractivity contribution is 9.10. The molecule has 5 rings (SSSR count). The van der Waals surface area contributed by atoms with E-state index in [1.165, 1.54) is 25.9 Å². The number of hydrogen-bond donors (Lipinski definition) is 2. The first-order valence-corrected chi connectivity index (χ1v) is 7.55. The maximum absolute atomic E-state index is 6.01. The van der Waals surface area contributed by atoms with E-state index in [0.29, 0.717) is 0 Å². The molecule has 19 heavy (non-hydrogen) atoms. The standard InChI is InChI=1S/C7H13BrN2.C7H6N2/c8-7(9)5-6-1-3-10(7)4-2-6;1-2-4-7-6(3-1)5-8-9-7/h6H,1-5,9H2;1-5H,(H,8,9). The number of rotatable bonds is 0. The van der Waals surface area contributed by atoms with E-state index in [2.05, 4.69) is 31.0 Å². The summed E-state index contributed by atoms with van der Waals surface area (Å²) >= 11 is 3.55. The van der Waals surface area contributed by atoms with E-state index in [4.69, 9.17) is 5.73 Å². The Bertz CT molecular complexity index is 513. The lowest BCUT2D eigenvalue weighted by Crippen LogP contribution is -2.59. The number of benzene rings is 1. The Labute approximate surface area is 121 Å². The molecule has 3 aliphatic rings. The number of aromatic amines is 1. The summed E-state index contributed by atoms with van der Waals surface area (Å²) in [6.45, 7) is 2.37. The molecular formula is C14H19BrN4. The van der Waals surface area contributed by atoms with E-state index in [-0.39, 0.29) is 4.57 Å². The Kier molecular flexibility index (Phi) is 3.60. The molecule has 5 heteroatoms. The zero-order chi connectivity index (χ0) is 13.3. The van der Waals surface area contributed by atoms with E-state index >= 15 is 0 Å². The molecule has 1 atom stereocenters. The highest BCUT2D eigenvalue weighted by Crippen LogP contribution is 2.39. The molecule has 0 aliphatic carbocycles. The molecular weight excluding hydrogens is 304 g/mol. The van der Waals surface area contributed by atoms with Crippen LogP contribution in [0.4, 0.5) is 0 Å². The first kappa shape index (κ1) is 13.1. The predicted octanol–water partition coefficient (Wildman–Crippen LogP) is 2.67. The average Bonchev–Trinajstić information content (AvgIpc) is 2.87.